The molecular formula is C24H28ClN9O3S3. The van der Waals surface area contributed by atoms with E-state index in [1.807, 2.05) is 18.7 Å². The molecule has 1 saturated heterocycles. The molecule has 0 saturated carbocycles. The number of nitrogens with zero attached hydrogens (tertiary/aromatic N) is 5. The number of hydrogen-bond acceptors (Lipinski definition) is 12. The number of thiazole rings is 1. The van der Waals surface area contributed by atoms with Crippen LogP contribution in [0.25, 0.3) is 0 Å². The number of fused-ring (bicyclic) bond motifs is 1. The van der Waals surface area contributed by atoms with Crippen LogP contribution in [0.1, 0.15) is 32.9 Å². The summed E-state index contributed by atoms with van der Waals surface area (Å²) in [7, 11) is 1.63. The highest BCUT2D eigenvalue weighted by Crippen LogP contribution is 2.37. The van der Waals surface area contributed by atoms with Crippen LogP contribution in [0, 0.1) is 12.3 Å². The van der Waals surface area contributed by atoms with E-state index in [1.54, 1.807) is 18.0 Å². The summed E-state index contributed by atoms with van der Waals surface area (Å²) in [6.45, 7) is 3.91. The molecular weight excluding hydrogens is 594 g/mol. The van der Waals surface area contributed by atoms with Crippen molar-refractivity contribution in [3.8, 4) is 5.88 Å². The maximum atomic E-state index is 13.5. The summed E-state index contributed by atoms with van der Waals surface area (Å²) in [5.74, 6) is 0.690. The van der Waals surface area contributed by atoms with Crippen LogP contribution < -0.4 is 25.8 Å². The lowest BCUT2D eigenvalue weighted by atomic mass is 10.2. The molecule has 12 nitrogen and oxygen atoms in total. The molecule has 0 aliphatic carbocycles. The molecule has 5 rings (SSSR count). The van der Waals surface area contributed by atoms with Gasteiger partial charge in [0.1, 0.15) is 33.0 Å². The molecule has 0 spiro atoms. The van der Waals surface area contributed by atoms with Crippen molar-refractivity contribution in [1.29, 1.82) is 5.41 Å². The number of carbonyl (C=O) groups is 2. The number of alkyl halides is 1. The number of aromatic nitrogens is 3. The molecule has 1 fully saturated rings. The number of aryl methyl sites for hydroxylation is 1. The second-order valence-electron chi connectivity index (χ2n) is 9.23. The standard InChI is InChI=1S/C24H28ClN9O3S3/c1-12-7-16(33(2)17(35)8-25)30-14-4-6-34(19(12)14)23(37)15-10-29-24(39-15)31-22-18(21(36)32-40-22)20(26)28-5-3-13-9-27-11-38-13/h7,10,13,27H,3-6,8-9,11H2,1-2H3,(H2,26,28)(H,29,31)(H,32,36). The fourth-order valence-electron chi connectivity index (χ4n) is 4.52. The highest BCUT2D eigenvalue weighted by molar-refractivity contribution is 8.00. The van der Waals surface area contributed by atoms with E-state index in [4.69, 9.17) is 17.0 Å². The molecule has 1 atom stereocenters. The second kappa shape index (κ2) is 12.3. The van der Waals surface area contributed by atoms with Crippen LogP contribution in [-0.2, 0) is 11.2 Å². The molecule has 2 aliphatic heterocycles. The molecule has 5 N–H and O–H groups in total. The number of aromatic hydroxyl groups is 1. The van der Waals surface area contributed by atoms with E-state index in [9.17, 15) is 14.7 Å². The Morgan fingerprint density at radius 2 is 2.23 bits per heavy atom. The Hall–Kier alpha value is -2.98. The van der Waals surface area contributed by atoms with Crippen molar-refractivity contribution < 1.29 is 14.7 Å². The van der Waals surface area contributed by atoms with Gasteiger partial charge in [0.25, 0.3) is 5.91 Å². The van der Waals surface area contributed by atoms with E-state index in [-0.39, 0.29) is 35.0 Å². The number of thioether (sulfide) groups is 1. The quantitative estimate of drug-likeness (QED) is 0.136. The Morgan fingerprint density at radius 1 is 1.40 bits per heavy atom. The lowest BCUT2D eigenvalue weighted by molar-refractivity contribution is -0.116. The number of amides is 2. The average molecular weight is 622 g/mol. The zero-order chi connectivity index (χ0) is 28.4. The minimum atomic E-state index is -0.256. The number of amidine groups is 1. The van der Waals surface area contributed by atoms with Crippen LogP contribution >= 0.6 is 46.2 Å². The largest absolute Gasteiger partial charge is 0.492 e. The van der Waals surface area contributed by atoms with Crippen molar-refractivity contribution in [3.05, 3.63) is 34.0 Å². The third kappa shape index (κ3) is 5.88. The SMILES string of the molecule is Cc1cc(N(C)C(=O)CCl)nc2c1N(C(=O)c1cnc(Nc3snc(O)c3C(=N)NCCC3CNCS3)s1)CC2. The van der Waals surface area contributed by atoms with E-state index in [0.29, 0.717) is 45.6 Å². The van der Waals surface area contributed by atoms with Gasteiger partial charge >= 0.3 is 0 Å². The third-order valence-electron chi connectivity index (χ3n) is 6.58. The zero-order valence-electron chi connectivity index (χ0n) is 21.8. The van der Waals surface area contributed by atoms with Crippen LogP contribution in [0.5, 0.6) is 5.88 Å². The molecule has 1 unspecified atom stereocenters. The van der Waals surface area contributed by atoms with Gasteiger partial charge in [0.2, 0.25) is 11.8 Å². The molecule has 2 aliphatic rings. The first-order chi connectivity index (χ1) is 19.3. The van der Waals surface area contributed by atoms with E-state index in [2.05, 4.69) is 30.3 Å². The van der Waals surface area contributed by atoms with Crippen molar-refractivity contribution in [3.63, 3.8) is 0 Å². The number of anilines is 4. The van der Waals surface area contributed by atoms with E-state index in [1.165, 1.54) is 22.4 Å². The molecule has 0 radical (unpaired) electrons. The number of halogens is 1. The minimum Gasteiger partial charge on any atom is -0.492 e. The number of carbonyl (C=O) groups excluding carboxylic acids is 2. The normalized spacial score (nSPS) is 16.2. The molecule has 0 aromatic carbocycles. The van der Waals surface area contributed by atoms with Gasteiger partial charge in [-0.3, -0.25) is 19.9 Å². The fraction of sp³-hybridized carbons (Fsp3) is 0.417. The number of hydrogen-bond donors (Lipinski definition) is 5. The molecule has 3 aromatic rings. The van der Waals surface area contributed by atoms with Crippen molar-refractivity contribution in [2.75, 3.05) is 53.6 Å². The minimum absolute atomic E-state index is 0.0759. The number of pyridine rings is 1. The second-order valence-corrected chi connectivity index (χ2v) is 12.6. The van der Waals surface area contributed by atoms with Gasteiger partial charge in [-0.1, -0.05) is 11.3 Å². The lowest BCUT2D eigenvalue weighted by Crippen LogP contribution is -2.29. The molecule has 40 heavy (non-hydrogen) atoms. The van der Waals surface area contributed by atoms with Crippen molar-refractivity contribution >= 4 is 85.5 Å². The predicted octanol–water partition coefficient (Wildman–Crippen LogP) is 3.12. The smallest absolute Gasteiger partial charge is 0.270 e. The summed E-state index contributed by atoms with van der Waals surface area (Å²) in [4.78, 5) is 38.0. The Morgan fingerprint density at radius 3 is 2.98 bits per heavy atom. The number of rotatable bonds is 9. The Bertz CT molecular complexity index is 1440. The maximum absolute atomic E-state index is 13.5. The van der Waals surface area contributed by atoms with E-state index >= 15 is 0 Å². The summed E-state index contributed by atoms with van der Waals surface area (Å²) < 4.78 is 4.00. The summed E-state index contributed by atoms with van der Waals surface area (Å²) in [6.07, 6.45) is 2.98. The van der Waals surface area contributed by atoms with Gasteiger partial charge in [0.05, 0.1) is 17.6 Å². The summed E-state index contributed by atoms with van der Waals surface area (Å²) in [5, 5.41) is 29.6. The highest BCUT2D eigenvalue weighted by atomic mass is 35.5. The molecule has 5 heterocycles. The Balaban J connectivity index is 1.26. The van der Waals surface area contributed by atoms with Crippen LogP contribution in [-0.4, -0.2) is 80.8 Å². The summed E-state index contributed by atoms with van der Waals surface area (Å²) in [5.41, 5.74) is 2.60. The Labute approximate surface area is 248 Å². The Kier molecular flexibility index (Phi) is 8.75. The van der Waals surface area contributed by atoms with Gasteiger partial charge in [-0.15, -0.1) is 23.4 Å². The van der Waals surface area contributed by atoms with Gasteiger partial charge in [-0.05, 0) is 36.5 Å². The van der Waals surface area contributed by atoms with Crippen LogP contribution in [0.2, 0.25) is 0 Å². The topological polar surface area (TPSA) is 159 Å². The van der Waals surface area contributed by atoms with Crippen molar-refractivity contribution in [2.45, 2.75) is 25.0 Å². The van der Waals surface area contributed by atoms with Gasteiger partial charge in [0, 0.05) is 44.2 Å². The molecule has 212 valence electrons. The predicted molar refractivity (Wildman–Crippen MR) is 161 cm³/mol. The number of nitrogens with one attached hydrogen (secondary N) is 4. The maximum Gasteiger partial charge on any atom is 0.270 e. The fourth-order valence-corrected chi connectivity index (χ4v) is 7.22. The average Bonchev–Trinajstić information content (AvgIpc) is 3.75. The van der Waals surface area contributed by atoms with Crippen molar-refractivity contribution in [1.82, 2.24) is 25.0 Å². The van der Waals surface area contributed by atoms with E-state index < -0.39 is 0 Å². The van der Waals surface area contributed by atoms with Gasteiger partial charge in [0.15, 0.2) is 5.13 Å². The first-order valence-corrected chi connectivity index (χ1v) is 15.7. The van der Waals surface area contributed by atoms with Crippen LogP contribution in [0.4, 0.5) is 21.6 Å². The third-order valence-corrected chi connectivity index (χ3v) is 9.71. The lowest BCUT2D eigenvalue weighted by Gasteiger charge is -2.20. The summed E-state index contributed by atoms with van der Waals surface area (Å²) >= 11 is 9.75. The highest BCUT2D eigenvalue weighted by Gasteiger charge is 2.31. The monoisotopic (exact) mass is 621 g/mol. The van der Waals surface area contributed by atoms with Gasteiger partial charge < -0.3 is 26.0 Å². The van der Waals surface area contributed by atoms with Gasteiger partial charge in [-0.2, -0.15) is 4.37 Å². The molecule has 3 aromatic heterocycles. The molecule has 2 amide bonds. The van der Waals surface area contributed by atoms with Crippen LogP contribution in [0.3, 0.4) is 0 Å². The molecule has 16 heteroatoms. The molecule has 0 bridgehead atoms. The zero-order valence-corrected chi connectivity index (χ0v) is 25.0. The first kappa shape index (κ1) is 28.5. The summed E-state index contributed by atoms with van der Waals surface area (Å²) in [6, 6.07) is 1.78. The first-order valence-electron chi connectivity index (χ1n) is 12.5. The van der Waals surface area contributed by atoms with Gasteiger partial charge in [-0.25, -0.2) is 9.97 Å². The van der Waals surface area contributed by atoms with Crippen molar-refractivity contribution in [2.24, 2.45) is 0 Å². The van der Waals surface area contributed by atoms with E-state index in [0.717, 1.165) is 47.3 Å². The van der Waals surface area contributed by atoms with Crippen LogP contribution in [0.15, 0.2) is 12.3 Å².